The van der Waals surface area contributed by atoms with Crippen molar-refractivity contribution in [3.63, 3.8) is 0 Å². The van der Waals surface area contributed by atoms with Crippen molar-refractivity contribution in [3.05, 3.63) is 64.1 Å². The number of thiophene rings is 1. The number of aliphatic hydroxyl groups is 1. The molecule has 1 aromatic carbocycles. The Labute approximate surface area is 154 Å². The molecule has 3 aromatic rings. The van der Waals surface area contributed by atoms with E-state index in [-0.39, 0.29) is 12.4 Å². The number of hydrogen-bond donors (Lipinski definition) is 1. The number of aliphatic hydroxyl groups excluding tert-OH is 1. The summed E-state index contributed by atoms with van der Waals surface area (Å²) < 4.78 is 7.06. The zero-order valence-corrected chi connectivity index (χ0v) is 15.3. The minimum Gasteiger partial charge on any atom is -0.497 e. The predicted molar refractivity (Wildman–Crippen MR) is 99.6 cm³/mol. The number of benzene rings is 1. The molecule has 3 rings (SSSR count). The van der Waals surface area contributed by atoms with Crippen molar-refractivity contribution in [2.45, 2.75) is 18.3 Å². The van der Waals surface area contributed by atoms with E-state index in [1.807, 2.05) is 22.1 Å². The molecule has 25 heavy (non-hydrogen) atoms. The Balaban J connectivity index is 1.69. The van der Waals surface area contributed by atoms with E-state index in [1.54, 1.807) is 48.9 Å². The Morgan fingerprint density at radius 3 is 2.76 bits per heavy atom. The molecule has 2 aromatic heterocycles. The van der Waals surface area contributed by atoms with E-state index in [2.05, 4.69) is 4.98 Å². The van der Waals surface area contributed by atoms with E-state index in [0.717, 1.165) is 16.6 Å². The van der Waals surface area contributed by atoms with Gasteiger partial charge in [0.25, 0.3) is 0 Å². The Morgan fingerprint density at radius 2 is 2.12 bits per heavy atom. The first-order chi connectivity index (χ1) is 12.2. The summed E-state index contributed by atoms with van der Waals surface area (Å²) in [7, 11) is 1.60. The van der Waals surface area contributed by atoms with Crippen LogP contribution in [0.25, 0.3) is 0 Å². The van der Waals surface area contributed by atoms with Gasteiger partial charge in [0.1, 0.15) is 5.75 Å². The van der Waals surface area contributed by atoms with Crippen LogP contribution in [-0.2, 0) is 13.2 Å². The maximum absolute atomic E-state index is 12.4. The van der Waals surface area contributed by atoms with Gasteiger partial charge >= 0.3 is 0 Å². The molecule has 0 radical (unpaired) electrons. The molecule has 1 N–H and O–H groups in total. The Hall–Kier alpha value is -2.09. The van der Waals surface area contributed by atoms with Gasteiger partial charge in [0.05, 0.1) is 37.9 Å². The number of nitrogens with zero attached hydrogens (tertiary/aromatic N) is 2. The smallest absolute Gasteiger partial charge is 0.173 e. The quantitative estimate of drug-likeness (QED) is 0.483. The summed E-state index contributed by atoms with van der Waals surface area (Å²) in [5, 5.41) is 12.3. The number of ketones is 1. The summed E-state index contributed by atoms with van der Waals surface area (Å²) in [4.78, 5) is 17.9. The number of methoxy groups -OCH3 is 1. The maximum Gasteiger partial charge on any atom is 0.173 e. The highest BCUT2D eigenvalue weighted by Gasteiger charge is 2.14. The number of thioether (sulfide) groups is 1. The lowest BCUT2D eigenvalue weighted by Crippen LogP contribution is -2.07. The van der Waals surface area contributed by atoms with Crippen molar-refractivity contribution < 1.29 is 14.6 Å². The average Bonchev–Trinajstić information content (AvgIpc) is 3.30. The molecule has 0 amide bonds. The Kier molecular flexibility index (Phi) is 5.91. The first kappa shape index (κ1) is 17.7. The fourth-order valence-electron chi connectivity index (χ4n) is 2.35. The molecule has 0 fully saturated rings. The van der Waals surface area contributed by atoms with Gasteiger partial charge < -0.3 is 14.4 Å². The van der Waals surface area contributed by atoms with Crippen LogP contribution in [0.3, 0.4) is 0 Å². The van der Waals surface area contributed by atoms with E-state index in [9.17, 15) is 9.90 Å². The molecule has 5 nitrogen and oxygen atoms in total. The van der Waals surface area contributed by atoms with Crippen LogP contribution in [0.15, 0.2) is 53.1 Å². The van der Waals surface area contributed by atoms with Crippen molar-refractivity contribution >= 4 is 28.9 Å². The normalized spacial score (nSPS) is 10.8. The van der Waals surface area contributed by atoms with Gasteiger partial charge in [-0.05, 0) is 35.7 Å². The SMILES string of the molecule is COc1ccc(C(=O)CSc2ncc(CO)n2Cc2cccs2)cc1. The number of imidazole rings is 1. The molecule has 0 atom stereocenters. The molecule has 130 valence electrons. The molecule has 0 saturated carbocycles. The van der Waals surface area contributed by atoms with Crippen LogP contribution >= 0.6 is 23.1 Å². The van der Waals surface area contributed by atoms with E-state index in [1.165, 1.54) is 16.6 Å². The van der Waals surface area contributed by atoms with Crippen LogP contribution in [0.2, 0.25) is 0 Å². The van der Waals surface area contributed by atoms with Crippen molar-refractivity contribution in [1.82, 2.24) is 9.55 Å². The fourth-order valence-corrected chi connectivity index (χ4v) is 3.94. The van der Waals surface area contributed by atoms with Gasteiger partial charge in [0.15, 0.2) is 10.9 Å². The van der Waals surface area contributed by atoms with Gasteiger partial charge in [-0.2, -0.15) is 0 Å². The third kappa shape index (κ3) is 4.31. The third-order valence-corrected chi connectivity index (χ3v) is 5.55. The minimum absolute atomic E-state index is 0.0314. The molecular weight excluding hydrogens is 356 g/mol. The second-order valence-corrected chi connectivity index (χ2v) is 7.27. The highest BCUT2D eigenvalue weighted by atomic mass is 32.2. The van der Waals surface area contributed by atoms with E-state index in [0.29, 0.717) is 17.9 Å². The zero-order valence-electron chi connectivity index (χ0n) is 13.7. The fraction of sp³-hybridized carbons (Fsp3) is 0.222. The van der Waals surface area contributed by atoms with Gasteiger partial charge in [-0.15, -0.1) is 11.3 Å². The molecule has 0 aliphatic rings. The summed E-state index contributed by atoms with van der Waals surface area (Å²) in [5.41, 5.74) is 1.39. The number of aromatic nitrogens is 2. The lowest BCUT2D eigenvalue weighted by Gasteiger charge is -2.09. The number of hydrogen-bond acceptors (Lipinski definition) is 6. The lowest BCUT2D eigenvalue weighted by molar-refractivity contribution is 0.102. The van der Waals surface area contributed by atoms with Gasteiger partial charge in [0.2, 0.25) is 0 Å². The van der Waals surface area contributed by atoms with E-state index < -0.39 is 0 Å². The topological polar surface area (TPSA) is 64.3 Å². The number of Topliss-reactive ketones (excluding diaryl/α,β-unsaturated/α-hetero) is 1. The molecule has 7 heteroatoms. The largest absolute Gasteiger partial charge is 0.497 e. The van der Waals surface area contributed by atoms with Gasteiger partial charge in [-0.3, -0.25) is 4.79 Å². The van der Waals surface area contributed by atoms with Crippen LogP contribution in [0.4, 0.5) is 0 Å². The zero-order chi connectivity index (χ0) is 17.6. The average molecular weight is 374 g/mol. The monoisotopic (exact) mass is 374 g/mol. The summed E-state index contributed by atoms with van der Waals surface area (Å²) in [6.45, 7) is 0.567. The molecule has 0 saturated heterocycles. The van der Waals surface area contributed by atoms with Crippen LogP contribution in [0.1, 0.15) is 20.9 Å². The summed E-state index contributed by atoms with van der Waals surface area (Å²) in [6.07, 6.45) is 1.66. The van der Waals surface area contributed by atoms with Gasteiger partial charge in [-0.1, -0.05) is 17.8 Å². The van der Waals surface area contributed by atoms with Crippen LogP contribution in [0, 0.1) is 0 Å². The highest BCUT2D eigenvalue weighted by Crippen LogP contribution is 2.23. The second-order valence-electron chi connectivity index (χ2n) is 5.30. The van der Waals surface area contributed by atoms with Crippen molar-refractivity contribution in [1.29, 1.82) is 0 Å². The summed E-state index contributed by atoms with van der Waals surface area (Å²) in [5.74, 6) is 1.05. The highest BCUT2D eigenvalue weighted by molar-refractivity contribution is 7.99. The lowest BCUT2D eigenvalue weighted by atomic mass is 10.1. The number of rotatable bonds is 8. The number of ether oxygens (including phenoxy) is 1. The van der Waals surface area contributed by atoms with Crippen LogP contribution in [-0.4, -0.2) is 33.3 Å². The van der Waals surface area contributed by atoms with Crippen molar-refractivity contribution in [2.24, 2.45) is 0 Å². The summed E-state index contributed by atoms with van der Waals surface area (Å²) >= 11 is 3.04. The molecule has 0 unspecified atom stereocenters. The molecule has 0 aliphatic carbocycles. The Morgan fingerprint density at radius 1 is 1.32 bits per heavy atom. The number of carbonyl (C=O) groups excluding carboxylic acids is 1. The van der Waals surface area contributed by atoms with Crippen molar-refractivity contribution in [3.8, 4) is 5.75 Å². The molecule has 0 spiro atoms. The van der Waals surface area contributed by atoms with Gasteiger partial charge in [-0.25, -0.2) is 4.98 Å². The first-order valence-electron chi connectivity index (χ1n) is 7.69. The molecular formula is C18H18N2O3S2. The molecule has 0 bridgehead atoms. The second kappa shape index (κ2) is 8.33. The molecule has 2 heterocycles. The Bertz CT molecular complexity index is 827. The minimum atomic E-state index is -0.0780. The van der Waals surface area contributed by atoms with Crippen LogP contribution < -0.4 is 4.74 Å². The summed E-state index contributed by atoms with van der Waals surface area (Å²) in [6, 6.07) is 11.1. The van der Waals surface area contributed by atoms with E-state index in [4.69, 9.17) is 4.74 Å². The third-order valence-electron chi connectivity index (χ3n) is 3.70. The van der Waals surface area contributed by atoms with Crippen molar-refractivity contribution in [2.75, 3.05) is 12.9 Å². The molecule has 0 aliphatic heterocycles. The van der Waals surface area contributed by atoms with Gasteiger partial charge in [0, 0.05) is 10.4 Å². The first-order valence-corrected chi connectivity index (χ1v) is 9.55. The van der Waals surface area contributed by atoms with E-state index >= 15 is 0 Å². The standard InChI is InChI=1S/C18H18N2O3S2/c1-23-15-6-4-13(5-7-15)17(22)12-25-18-19-9-14(11-21)20(18)10-16-3-2-8-24-16/h2-9,21H,10-12H2,1H3. The predicted octanol–water partition coefficient (Wildman–Crippen LogP) is 3.47. The van der Waals surface area contributed by atoms with Crippen LogP contribution in [0.5, 0.6) is 5.75 Å². The number of carbonyl (C=O) groups is 1. The maximum atomic E-state index is 12.4.